The average Bonchev–Trinajstić information content (AvgIpc) is 2.76. The van der Waals surface area contributed by atoms with E-state index in [1.165, 1.54) is 22.5 Å². The molecule has 1 aromatic carbocycles. The van der Waals surface area contributed by atoms with Gasteiger partial charge in [-0.05, 0) is 53.1 Å². The van der Waals surface area contributed by atoms with Crippen LogP contribution in [0.3, 0.4) is 0 Å². The lowest BCUT2D eigenvalue weighted by molar-refractivity contribution is -0.155. The van der Waals surface area contributed by atoms with E-state index in [2.05, 4.69) is 0 Å². The molecule has 0 saturated heterocycles. The highest BCUT2D eigenvalue weighted by atomic mass is 32.2. The Morgan fingerprint density at radius 3 is 2.17 bits per heavy atom. The van der Waals surface area contributed by atoms with Gasteiger partial charge in [-0.2, -0.15) is 0 Å². The molecule has 1 aliphatic heterocycles. The molecule has 0 N–H and O–H groups in total. The van der Waals surface area contributed by atoms with E-state index >= 15 is 0 Å². The number of carbonyl (C=O) groups excluding carboxylic acids is 3. The summed E-state index contributed by atoms with van der Waals surface area (Å²) in [6.45, 7) is 5.22. The summed E-state index contributed by atoms with van der Waals surface area (Å²) in [6, 6.07) is 4.27. The summed E-state index contributed by atoms with van der Waals surface area (Å²) in [5.74, 6) is -1.96. The van der Waals surface area contributed by atoms with Crippen molar-refractivity contribution < 1.29 is 27.5 Å². The second kappa shape index (κ2) is 8.11. The molecule has 0 unspecified atom stereocenters. The quantitative estimate of drug-likeness (QED) is 0.473. The Labute approximate surface area is 171 Å². The van der Waals surface area contributed by atoms with E-state index in [0.717, 1.165) is 11.2 Å². The molecule has 0 atom stereocenters. The van der Waals surface area contributed by atoms with Crippen molar-refractivity contribution in [2.75, 3.05) is 44.3 Å². The molecule has 1 heterocycles. The zero-order valence-electron chi connectivity index (χ0n) is 17.6. The number of esters is 1. The van der Waals surface area contributed by atoms with Gasteiger partial charge in [-0.15, -0.1) is 0 Å². The SMILES string of the molecule is CN(C)CCN(c1ccc2c(c1)C(=O)N(CC(=O)OC(C)(C)C)C2=O)S(C)(=O)=O. The van der Waals surface area contributed by atoms with Crippen LogP contribution in [0.5, 0.6) is 0 Å². The van der Waals surface area contributed by atoms with Crippen LogP contribution in [-0.4, -0.2) is 81.6 Å². The molecule has 0 saturated carbocycles. The third-order valence-electron chi connectivity index (χ3n) is 4.10. The number of hydrogen-bond donors (Lipinski definition) is 0. The number of amides is 2. The fraction of sp³-hybridized carbons (Fsp3) is 0.526. The van der Waals surface area contributed by atoms with Gasteiger partial charge >= 0.3 is 5.97 Å². The highest BCUT2D eigenvalue weighted by Gasteiger charge is 2.38. The fourth-order valence-corrected chi connectivity index (χ4v) is 3.77. The summed E-state index contributed by atoms with van der Waals surface area (Å²) in [4.78, 5) is 40.0. The van der Waals surface area contributed by atoms with E-state index in [9.17, 15) is 22.8 Å². The molecule has 0 spiro atoms. The molecule has 1 aliphatic rings. The first-order valence-corrected chi connectivity index (χ1v) is 10.9. The summed E-state index contributed by atoms with van der Waals surface area (Å²) in [5, 5.41) is 0. The molecule has 2 rings (SSSR count). The largest absolute Gasteiger partial charge is 0.459 e. The maximum Gasteiger partial charge on any atom is 0.326 e. The van der Waals surface area contributed by atoms with Gasteiger partial charge in [0.05, 0.1) is 23.1 Å². The Morgan fingerprint density at radius 1 is 1.07 bits per heavy atom. The highest BCUT2D eigenvalue weighted by molar-refractivity contribution is 7.92. The minimum atomic E-state index is -3.59. The summed E-state index contributed by atoms with van der Waals surface area (Å²) < 4.78 is 30.8. The lowest BCUT2D eigenvalue weighted by Gasteiger charge is -2.24. The predicted octanol–water partition coefficient (Wildman–Crippen LogP) is 0.952. The average molecular weight is 426 g/mol. The number of ether oxygens (including phenoxy) is 1. The molecule has 9 nitrogen and oxygen atoms in total. The summed E-state index contributed by atoms with van der Waals surface area (Å²) in [5.41, 5.74) is -0.267. The smallest absolute Gasteiger partial charge is 0.326 e. The molecule has 0 aromatic heterocycles. The van der Waals surface area contributed by atoms with Gasteiger partial charge in [-0.1, -0.05) is 0 Å². The van der Waals surface area contributed by atoms with E-state index < -0.39 is 40.0 Å². The van der Waals surface area contributed by atoms with Crippen LogP contribution < -0.4 is 4.31 Å². The molecule has 160 valence electrons. The van der Waals surface area contributed by atoms with Gasteiger partial charge in [-0.3, -0.25) is 23.6 Å². The lowest BCUT2D eigenvalue weighted by atomic mass is 10.1. The van der Waals surface area contributed by atoms with Crippen molar-refractivity contribution >= 4 is 33.5 Å². The van der Waals surface area contributed by atoms with Gasteiger partial charge < -0.3 is 9.64 Å². The normalized spacial score (nSPS) is 14.4. The van der Waals surface area contributed by atoms with Crippen molar-refractivity contribution in [3.63, 3.8) is 0 Å². The summed E-state index contributed by atoms with van der Waals surface area (Å²) in [6.07, 6.45) is 1.08. The molecule has 0 bridgehead atoms. The van der Waals surface area contributed by atoms with E-state index in [0.29, 0.717) is 6.54 Å². The second-order valence-electron chi connectivity index (χ2n) is 8.15. The Balaban J connectivity index is 2.31. The monoisotopic (exact) mass is 425 g/mol. The van der Waals surface area contributed by atoms with Crippen LogP contribution in [-0.2, 0) is 19.6 Å². The number of hydrogen-bond acceptors (Lipinski definition) is 7. The Hall–Kier alpha value is -2.46. The van der Waals surface area contributed by atoms with Crippen LogP contribution >= 0.6 is 0 Å². The van der Waals surface area contributed by atoms with Crippen molar-refractivity contribution in [1.29, 1.82) is 0 Å². The van der Waals surface area contributed by atoms with Gasteiger partial charge in [0.15, 0.2) is 0 Å². The summed E-state index contributed by atoms with van der Waals surface area (Å²) in [7, 11) is 0.0465. The molecule has 29 heavy (non-hydrogen) atoms. The number of sulfonamides is 1. The van der Waals surface area contributed by atoms with Crippen molar-refractivity contribution in [2.45, 2.75) is 26.4 Å². The van der Waals surface area contributed by atoms with Crippen molar-refractivity contribution in [3.8, 4) is 0 Å². The van der Waals surface area contributed by atoms with Crippen LogP contribution in [0.4, 0.5) is 5.69 Å². The van der Waals surface area contributed by atoms with E-state index in [-0.39, 0.29) is 23.4 Å². The summed E-state index contributed by atoms with van der Waals surface area (Å²) >= 11 is 0. The molecule has 2 amide bonds. The molecular weight excluding hydrogens is 398 g/mol. The maximum atomic E-state index is 12.7. The van der Waals surface area contributed by atoms with Crippen LogP contribution in [0.1, 0.15) is 41.5 Å². The molecule has 0 aliphatic carbocycles. The number of imide groups is 1. The third-order valence-corrected chi connectivity index (χ3v) is 5.29. The lowest BCUT2D eigenvalue weighted by Crippen LogP contribution is -2.38. The Kier molecular flexibility index (Phi) is 6.39. The van der Waals surface area contributed by atoms with E-state index in [1.54, 1.807) is 20.8 Å². The van der Waals surface area contributed by atoms with Gasteiger partial charge in [0.1, 0.15) is 12.1 Å². The minimum absolute atomic E-state index is 0.0644. The van der Waals surface area contributed by atoms with Gasteiger partial charge in [0.2, 0.25) is 10.0 Å². The first-order chi connectivity index (χ1) is 13.2. The van der Waals surface area contributed by atoms with Gasteiger partial charge in [0.25, 0.3) is 11.8 Å². The van der Waals surface area contributed by atoms with Crippen LogP contribution in [0.25, 0.3) is 0 Å². The molecule has 1 aromatic rings. The van der Waals surface area contributed by atoms with E-state index in [1.807, 2.05) is 19.0 Å². The van der Waals surface area contributed by atoms with Crippen molar-refractivity contribution in [3.05, 3.63) is 29.3 Å². The number of likely N-dealkylation sites (N-methyl/N-ethyl adjacent to an activating group) is 1. The zero-order valence-corrected chi connectivity index (χ0v) is 18.4. The topological polar surface area (TPSA) is 104 Å². The minimum Gasteiger partial charge on any atom is -0.459 e. The van der Waals surface area contributed by atoms with Crippen LogP contribution in [0.2, 0.25) is 0 Å². The van der Waals surface area contributed by atoms with E-state index in [4.69, 9.17) is 4.74 Å². The second-order valence-corrected chi connectivity index (χ2v) is 10.1. The number of carbonyl (C=O) groups is 3. The highest BCUT2D eigenvalue weighted by Crippen LogP contribution is 2.28. The maximum absolute atomic E-state index is 12.7. The predicted molar refractivity (Wildman–Crippen MR) is 108 cm³/mol. The number of nitrogens with zero attached hydrogens (tertiary/aromatic N) is 3. The zero-order chi connectivity index (χ0) is 22.1. The first-order valence-electron chi connectivity index (χ1n) is 9.05. The standard InChI is InChI=1S/C19H27N3O6S/c1-19(2,3)28-16(23)12-21-17(24)14-8-7-13(11-15(14)18(21)25)22(29(6,26)27)10-9-20(4)5/h7-8,11H,9-10,12H2,1-6H3. The molecule has 0 fully saturated rings. The Morgan fingerprint density at radius 2 is 1.66 bits per heavy atom. The molecule has 10 heteroatoms. The van der Waals surface area contributed by atoms with Crippen molar-refractivity contribution in [1.82, 2.24) is 9.80 Å². The number of fused-ring (bicyclic) bond motifs is 1. The fourth-order valence-electron chi connectivity index (χ4n) is 2.86. The first kappa shape index (κ1) is 22.8. The van der Waals surface area contributed by atoms with Gasteiger partial charge in [0, 0.05) is 13.1 Å². The third kappa shape index (κ3) is 5.54. The molecular formula is C19H27N3O6S. The number of anilines is 1. The van der Waals surface area contributed by atoms with Crippen LogP contribution in [0.15, 0.2) is 18.2 Å². The van der Waals surface area contributed by atoms with Crippen LogP contribution in [0, 0.1) is 0 Å². The number of benzene rings is 1. The molecule has 0 radical (unpaired) electrons. The Bertz CT molecular complexity index is 934. The van der Waals surface area contributed by atoms with Gasteiger partial charge in [-0.25, -0.2) is 8.42 Å². The number of rotatable bonds is 7. The van der Waals surface area contributed by atoms with Crippen molar-refractivity contribution in [2.24, 2.45) is 0 Å².